The molecule has 2 aromatic carbocycles. The van der Waals surface area contributed by atoms with Crippen LogP contribution >= 0.6 is 11.6 Å². The molecule has 0 saturated heterocycles. The van der Waals surface area contributed by atoms with Crippen molar-refractivity contribution in [2.45, 2.75) is 19.4 Å². The number of unbranched alkanes of at least 4 members (excludes halogenated alkanes) is 1. The Labute approximate surface area is 154 Å². The summed E-state index contributed by atoms with van der Waals surface area (Å²) in [5.41, 5.74) is 2.22. The molecule has 1 aliphatic heterocycles. The summed E-state index contributed by atoms with van der Waals surface area (Å²) >= 11 is 6.14. The van der Waals surface area contributed by atoms with Crippen molar-refractivity contribution in [3.8, 4) is 0 Å². The minimum atomic E-state index is -3.63. The molecule has 1 N–H and O–H groups in total. The maximum Gasteiger partial charge on any atom is 0.308 e. The Morgan fingerprint density at radius 2 is 1.88 bits per heavy atom. The highest BCUT2D eigenvalue weighted by Crippen LogP contribution is 2.39. The normalized spacial score (nSPS) is 16.6. The number of nitrogens with zero attached hydrogens (tertiary/aromatic N) is 2. The van der Waals surface area contributed by atoms with E-state index in [1.54, 1.807) is 24.3 Å². The second-order valence-electron chi connectivity index (χ2n) is 6.02. The van der Waals surface area contributed by atoms with Gasteiger partial charge in [0.1, 0.15) is 0 Å². The summed E-state index contributed by atoms with van der Waals surface area (Å²) < 4.78 is 29.4. The van der Waals surface area contributed by atoms with Crippen LogP contribution in [0.5, 0.6) is 0 Å². The van der Waals surface area contributed by atoms with Crippen molar-refractivity contribution in [2.24, 2.45) is 0 Å². The molecule has 0 spiro atoms. The predicted molar refractivity (Wildman–Crippen MR) is 103 cm³/mol. The first-order valence-electron chi connectivity index (χ1n) is 8.32. The summed E-state index contributed by atoms with van der Waals surface area (Å²) in [5, 5.41) is 3.70. The van der Waals surface area contributed by atoms with Gasteiger partial charge in [-0.25, -0.2) is 4.31 Å². The van der Waals surface area contributed by atoms with Gasteiger partial charge in [0.25, 0.3) is 0 Å². The highest BCUT2D eigenvalue weighted by molar-refractivity contribution is 7.90. The van der Waals surface area contributed by atoms with Crippen LogP contribution in [0.1, 0.15) is 18.4 Å². The Morgan fingerprint density at radius 3 is 2.60 bits per heavy atom. The van der Waals surface area contributed by atoms with Crippen molar-refractivity contribution < 1.29 is 8.42 Å². The first-order valence-corrected chi connectivity index (χ1v) is 10.1. The summed E-state index contributed by atoms with van der Waals surface area (Å²) in [6, 6.07) is 14.5. The van der Waals surface area contributed by atoms with E-state index in [0.717, 1.165) is 24.9 Å². The highest BCUT2D eigenvalue weighted by Gasteiger charge is 2.37. The van der Waals surface area contributed by atoms with Crippen LogP contribution in [0, 0.1) is 0 Å². The van der Waals surface area contributed by atoms with Gasteiger partial charge in [-0.05, 0) is 62.3 Å². The second-order valence-corrected chi connectivity index (χ2v) is 8.24. The highest BCUT2D eigenvalue weighted by atomic mass is 35.5. The number of benzene rings is 2. The Kier molecular flexibility index (Phi) is 5.64. The molecule has 1 heterocycles. The van der Waals surface area contributed by atoms with Gasteiger partial charge in [-0.3, -0.25) is 0 Å². The van der Waals surface area contributed by atoms with E-state index >= 15 is 0 Å². The number of anilines is 2. The van der Waals surface area contributed by atoms with E-state index in [-0.39, 0.29) is 0 Å². The number of rotatable bonds is 6. The molecule has 0 atom stereocenters. The molecule has 0 aliphatic carbocycles. The fourth-order valence-corrected chi connectivity index (χ4v) is 4.91. The van der Waals surface area contributed by atoms with Gasteiger partial charge in [-0.15, -0.1) is 0 Å². The van der Waals surface area contributed by atoms with Gasteiger partial charge in [-0.2, -0.15) is 12.7 Å². The molecule has 0 unspecified atom stereocenters. The molecule has 0 saturated carbocycles. The quantitative estimate of drug-likeness (QED) is 0.781. The van der Waals surface area contributed by atoms with Crippen LogP contribution < -0.4 is 9.62 Å². The van der Waals surface area contributed by atoms with Gasteiger partial charge in [-0.1, -0.05) is 29.8 Å². The molecule has 0 aromatic heterocycles. The molecular weight excluding hydrogens is 358 g/mol. The zero-order valence-electron chi connectivity index (χ0n) is 14.2. The molecule has 2 aromatic rings. The lowest BCUT2D eigenvalue weighted by Crippen LogP contribution is -2.45. The maximum atomic E-state index is 13.2. The molecule has 0 fully saturated rings. The molecule has 0 bridgehead atoms. The molecule has 25 heavy (non-hydrogen) atoms. The smallest absolute Gasteiger partial charge is 0.308 e. The molecular formula is C18H22ClN3O2S. The molecule has 1 aliphatic rings. The van der Waals surface area contributed by atoms with E-state index in [2.05, 4.69) is 5.32 Å². The zero-order valence-corrected chi connectivity index (χ0v) is 15.7. The number of hydrogen-bond acceptors (Lipinski definition) is 3. The van der Waals surface area contributed by atoms with Crippen LogP contribution in [0.25, 0.3) is 0 Å². The maximum absolute atomic E-state index is 13.2. The molecule has 0 amide bonds. The van der Waals surface area contributed by atoms with E-state index in [1.165, 1.54) is 8.61 Å². The van der Waals surface area contributed by atoms with Gasteiger partial charge >= 0.3 is 10.2 Å². The number of fused-ring (bicyclic) bond motifs is 1. The average Bonchev–Trinajstić information content (AvgIpc) is 2.59. The summed E-state index contributed by atoms with van der Waals surface area (Å²) in [4.78, 5) is 0. The van der Waals surface area contributed by atoms with Crippen LogP contribution in [0.2, 0.25) is 5.02 Å². The average molecular weight is 380 g/mol. The number of halogens is 1. The van der Waals surface area contributed by atoms with Gasteiger partial charge in [0, 0.05) is 18.1 Å². The van der Waals surface area contributed by atoms with Crippen molar-refractivity contribution in [1.82, 2.24) is 9.62 Å². The Balaban J connectivity index is 2.00. The van der Waals surface area contributed by atoms with Gasteiger partial charge in [0.05, 0.1) is 11.4 Å². The SMILES string of the molecule is CNCCCCN1Cc2cc(Cl)ccc2N(c2ccccc2)S1(=O)=O. The lowest BCUT2D eigenvalue weighted by Gasteiger charge is -2.37. The topological polar surface area (TPSA) is 52.6 Å². The summed E-state index contributed by atoms with van der Waals surface area (Å²) in [5.74, 6) is 0. The zero-order chi connectivity index (χ0) is 17.9. The number of para-hydroxylation sites is 1. The van der Waals surface area contributed by atoms with E-state index in [1.807, 2.05) is 31.3 Å². The molecule has 5 nitrogen and oxygen atoms in total. The third kappa shape index (κ3) is 3.82. The van der Waals surface area contributed by atoms with Crippen LogP contribution in [0.15, 0.2) is 48.5 Å². The van der Waals surface area contributed by atoms with Gasteiger partial charge in [0.2, 0.25) is 0 Å². The molecule has 0 radical (unpaired) electrons. The standard InChI is InChI=1S/C18H22ClN3O2S/c1-20-11-5-6-12-21-14-15-13-16(19)9-10-18(15)22(25(21,23)24)17-7-3-2-4-8-17/h2-4,7-10,13,20H,5-6,11-12,14H2,1H3. The lowest BCUT2D eigenvalue weighted by atomic mass is 10.1. The third-order valence-corrected chi connectivity index (χ3v) is 6.31. The Hall–Kier alpha value is -1.60. The van der Waals surface area contributed by atoms with Crippen molar-refractivity contribution in [2.75, 3.05) is 24.4 Å². The van der Waals surface area contributed by atoms with E-state index in [0.29, 0.717) is 29.5 Å². The predicted octanol–water partition coefficient (Wildman–Crippen LogP) is 3.54. The van der Waals surface area contributed by atoms with Crippen molar-refractivity contribution in [3.63, 3.8) is 0 Å². The van der Waals surface area contributed by atoms with Crippen LogP contribution in [0.3, 0.4) is 0 Å². The summed E-state index contributed by atoms with van der Waals surface area (Å²) in [6.07, 6.45) is 1.73. The fraction of sp³-hybridized carbons (Fsp3) is 0.333. The summed E-state index contributed by atoms with van der Waals surface area (Å²) in [6.45, 7) is 1.71. The second kappa shape index (κ2) is 7.74. The lowest BCUT2D eigenvalue weighted by molar-refractivity contribution is 0.389. The number of nitrogens with one attached hydrogen (secondary N) is 1. The summed E-state index contributed by atoms with van der Waals surface area (Å²) in [7, 11) is -1.73. The van der Waals surface area contributed by atoms with Gasteiger partial charge < -0.3 is 5.32 Å². The first-order chi connectivity index (χ1) is 12.0. The Morgan fingerprint density at radius 1 is 1.12 bits per heavy atom. The third-order valence-electron chi connectivity index (χ3n) is 4.24. The van der Waals surface area contributed by atoms with E-state index in [9.17, 15) is 8.42 Å². The minimum absolute atomic E-state index is 0.348. The van der Waals surface area contributed by atoms with Crippen molar-refractivity contribution in [3.05, 3.63) is 59.1 Å². The first kappa shape index (κ1) is 18.2. The monoisotopic (exact) mass is 379 g/mol. The van der Waals surface area contributed by atoms with Gasteiger partial charge in [0.15, 0.2) is 0 Å². The van der Waals surface area contributed by atoms with Crippen LogP contribution in [-0.2, 0) is 16.8 Å². The minimum Gasteiger partial charge on any atom is -0.320 e. The molecule has 3 rings (SSSR count). The van der Waals surface area contributed by atoms with Crippen molar-refractivity contribution >= 4 is 33.2 Å². The number of hydrogen-bond donors (Lipinski definition) is 1. The van der Waals surface area contributed by atoms with E-state index in [4.69, 9.17) is 11.6 Å². The van der Waals surface area contributed by atoms with Crippen LogP contribution in [0.4, 0.5) is 11.4 Å². The molecule has 134 valence electrons. The van der Waals surface area contributed by atoms with E-state index < -0.39 is 10.2 Å². The van der Waals surface area contributed by atoms with Crippen molar-refractivity contribution in [1.29, 1.82) is 0 Å². The van der Waals surface area contributed by atoms with Crippen LogP contribution in [-0.4, -0.2) is 32.9 Å². The largest absolute Gasteiger partial charge is 0.320 e. The molecule has 7 heteroatoms. The fourth-order valence-electron chi connectivity index (χ4n) is 3.01. The Bertz CT molecular complexity index is 827.